The maximum atomic E-state index is 4.24. The van der Waals surface area contributed by atoms with Crippen LogP contribution in [0.1, 0.15) is 5.56 Å². The number of rotatable bonds is 1. The molecule has 1 aromatic carbocycles. The summed E-state index contributed by atoms with van der Waals surface area (Å²) in [4.78, 5) is 4.24. The van der Waals surface area contributed by atoms with Crippen LogP contribution in [0.2, 0.25) is 0 Å². The molecule has 0 fully saturated rings. The molecule has 0 bridgehead atoms. The van der Waals surface area contributed by atoms with E-state index in [0.717, 1.165) is 16.6 Å². The van der Waals surface area contributed by atoms with Crippen molar-refractivity contribution in [2.45, 2.75) is 0 Å². The van der Waals surface area contributed by atoms with Crippen LogP contribution in [0.3, 0.4) is 0 Å². The van der Waals surface area contributed by atoms with Crippen LogP contribution in [0.15, 0.2) is 31.1 Å². The average Bonchev–Trinajstić information content (AvgIpc) is 2.47. The zero-order chi connectivity index (χ0) is 8.55. The third kappa shape index (κ3) is 0.925. The lowest BCUT2D eigenvalue weighted by Gasteiger charge is -1.94. The van der Waals surface area contributed by atoms with Gasteiger partial charge in [-0.2, -0.15) is 0 Å². The van der Waals surface area contributed by atoms with Gasteiger partial charge in [0.2, 0.25) is 0 Å². The number of benzene rings is 1. The molecule has 0 saturated heterocycles. The molecule has 1 aromatic heterocycles. The lowest BCUT2D eigenvalue weighted by atomic mass is 10.2. The molecule has 2 nitrogen and oxygen atoms in total. The Morgan fingerprint density at radius 3 is 3.08 bits per heavy atom. The molecule has 0 atom stereocenters. The summed E-state index contributed by atoms with van der Waals surface area (Å²) in [6, 6.07) is 6.12. The first-order valence-electron chi connectivity index (χ1n) is 3.85. The number of nitrogens with zero attached hydrogens (tertiary/aromatic N) is 2. The van der Waals surface area contributed by atoms with E-state index in [1.165, 1.54) is 0 Å². The van der Waals surface area contributed by atoms with Gasteiger partial charge >= 0.3 is 0 Å². The number of imidazole rings is 1. The van der Waals surface area contributed by atoms with Crippen molar-refractivity contribution in [1.82, 2.24) is 9.55 Å². The van der Waals surface area contributed by atoms with Gasteiger partial charge in [0.1, 0.15) is 0 Å². The first-order valence-corrected chi connectivity index (χ1v) is 3.85. The summed E-state index contributed by atoms with van der Waals surface area (Å²) in [5, 5.41) is 0. The fraction of sp³-hybridized carbons (Fsp3) is 0.100. The molecule has 2 rings (SSSR count). The summed E-state index contributed by atoms with van der Waals surface area (Å²) >= 11 is 0. The van der Waals surface area contributed by atoms with E-state index < -0.39 is 0 Å². The molecule has 1 heterocycles. The summed E-state index contributed by atoms with van der Waals surface area (Å²) < 4.78 is 2.00. The SMILES string of the molecule is C=Cc1ccc2c(c1)ncn2C. The summed E-state index contributed by atoms with van der Waals surface area (Å²) in [6.07, 6.45) is 3.64. The van der Waals surface area contributed by atoms with E-state index in [4.69, 9.17) is 0 Å². The Morgan fingerprint density at radius 1 is 1.50 bits per heavy atom. The van der Waals surface area contributed by atoms with Gasteiger partial charge in [0.25, 0.3) is 0 Å². The van der Waals surface area contributed by atoms with E-state index in [2.05, 4.69) is 17.6 Å². The van der Waals surface area contributed by atoms with Crippen LogP contribution in [0.4, 0.5) is 0 Å². The van der Waals surface area contributed by atoms with Crippen LogP contribution < -0.4 is 0 Å². The lowest BCUT2D eigenvalue weighted by Crippen LogP contribution is -1.82. The molecule has 0 saturated carbocycles. The minimum Gasteiger partial charge on any atom is -0.334 e. The van der Waals surface area contributed by atoms with E-state index in [-0.39, 0.29) is 0 Å². The Kier molecular flexibility index (Phi) is 1.47. The second-order valence-corrected chi connectivity index (χ2v) is 2.81. The highest BCUT2D eigenvalue weighted by molar-refractivity contribution is 5.78. The molecule has 0 aliphatic rings. The third-order valence-electron chi connectivity index (χ3n) is 1.99. The zero-order valence-corrected chi connectivity index (χ0v) is 6.99. The van der Waals surface area contributed by atoms with E-state index >= 15 is 0 Å². The van der Waals surface area contributed by atoms with Gasteiger partial charge in [-0.3, -0.25) is 0 Å². The standard InChI is InChI=1S/C10H10N2/c1-3-8-4-5-10-9(6-8)11-7-12(10)2/h3-7H,1H2,2H3. The monoisotopic (exact) mass is 158 g/mol. The van der Waals surface area contributed by atoms with E-state index in [9.17, 15) is 0 Å². The van der Waals surface area contributed by atoms with Gasteiger partial charge in [0.15, 0.2) is 0 Å². The predicted molar refractivity (Wildman–Crippen MR) is 50.8 cm³/mol. The molecule has 2 heteroatoms. The Labute approximate surface area is 71.2 Å². The van der Waals surface area contributed by atoms with Crippen LogP contribution in [0, 0.1) is 0 Å². The van der Waals surface area contributed by atoms with Crippen molar-refractivity contribution in [2.75, 3.05) is 0 Å². The number of aryl methyl sites for hydroxylation is 1. The maximum Gasteiger partial charge on any atom is 0.0955 e. The number of fused-ring (bicyclic) bond motifs is 1. The van der Waals surface area contributed by atoms with Gasteiger partial charge in [-0.1, -0.05) is 18.7 Å². The Bertz CT molecular complexity index is 426. The Balaban J connectivity index is 2.77. The third-order valence-corrected chi connectivity index (χ3v) is 1.99. The maximum absolute atomic E-state index is 4.24. The molecule has 0 unspecified atom stereocenters. The summed E-state index contributed by atoms with van der Waals surface area (Å²) in [5.74, 6) is 0. The molecule has 0 N–H and O–H groups in total. The largest absolute Gasteiger partial charge is 0.334 e. The highest BCUT2D eigenvalue weighted by Crippen LogP contribution is 2.13. The minimum absolute atomic E-state index is 1.02. The highest BCUT2D eigenvalue weighted by Gasteiger charge is 1.97. The van der Waals surface area contributed by atoms with Crippen LogP contribution in [-0.2, 0) is 7.05 Å². The smallest absolute Gasteiger partial charge is 0.0955 e. The van der Waals surface area contributed by atoms with Crippen molar-refractivity contribution in [3.63, 3.8) is 0 Å². The van der Waals surface area contributed by atoms with Crippen molar-refractivity contribution >= 4 is 17.1 Å². The second kappa shape index (κ2) is 2.48. The fourth-order valence-corrected chi connectivity index (χ4v) is 1.28. The minimum atomic E-state index is 1.02. The highest BCUT2D eigenvalue weighted by atomic mass is 15.0. The van der Waals surface area contributed by atoms with Crippen molar-refractivity contribution in [2.24, 2.45) is 7.05 Å². The van der Waals surface area contributed by atoms with Gasteiger partial charge < -0.3 is 4.57 Å². The van der Waals surface area contributed by atoms with Crippen molar-refractivity contribution in [3.8, 4) is 0 Å². The van der Waals surface area contributed by atoms with Gasteiger partial charge in [0, 0.05) is 7.05 Å². The Morgan fingerprint density at radius 2 is 2.33 bits per heavy atom. The quantitative estimate of drug-likeness (QED) is 0.622. The van der Waals surface area contributed by atoms with Crippen LogP contribution in [0.25, 0.3) is 17.1 Å². The predicted octanol–water partition coefficient (Wildman–Crippen LogP) is 2.22. The van der Waals surface area contributed by atoms with E-state index in [1.807, 2.05) is 36.2 Å². The average molecular weight is 158 g/mol. The van der Waals surface area contributed by atoms with E-state index in [1.54, 1.807) is 0 Å². The van der Waals surface area contributed by atoms with Gasteiger partial charge in [-0.25, -0.2) is 4.98 Å². The molecule has 0 aliphatic carbocycles. The van der Waals surface area contributed by atoms with Crippen molar-refractivity contribution in [1.29, 1.82) is 0 Å². The first-order chi connectivity index (χ1) is 5.81. The summed E-state index contributed by atoms with van der Waals surface area (Å²) in [7, 11) is 1.99. The molecule has 2 aromatic rings. The van der Waals surface area contributed by atoms with Gasteiger partial charge in [-0.05, 0) is 17.7 Å². The fourth-order valence-electron chi connectivity index (χ4n) is 1.28. The van der Waals surface area contributed by atoms with Crippen LogP contribution >= 0.6 is 0 Å². The number of aromatic nitrogens is 2. The first kappa shape index (κ1) is 7.10. The molecule has 0 amide bonds. The van der Waals surface area contributed by atoms with E-state index in [0.29, 0.717) is 0 Å². The zero-order valence-electron chi connectivity index (χ0n) is 6.99. The van der Waals surface area contributed by atoms with Crippen LogP contribution in [0.5, 0.6) is 0 Å². The summed E-state index contributed by atoms with van der Waals surface area (Å²) in [6.45, 7) is 3.71. The molecule has 0 aliphatic heterocycles. The van der Waals surface area contributed by atoms with Crippen molar-refractivity contribution in [3.05, 3.63) is 36.7 Å². The normalized spacial score (nSPS) is 10.4. The van der Waals surface area contributed by atoms with Gasteiger partial charge in [0.05, 0.1) is 17.4 Å². The van der Waals surface area contributed by atoms with Crippen LogP contribution in [-0.4, -0.2) is 9.55 Å². The second-order valence-electron chi connectivity index (χ2n) is 2.81. The molecule has 0 spiro atoms. The van der Waals surface area contributed by atoms with Gasteiger partial charge in [-0.15, -0.1) is 0 Å². The lowest BCUT2D eigenvalue weighted by molar-refractivity contribution is 0.947. The number of hydrogen-bond acceptors (Lipinski definition) is 1. The molecule has 12 heavy (non-hydrogen) atoms. The molecular formula is C10H10N2. The number of hydrogen-bond donors (Lipinski definition) is 0. The Hall–Kier alpha value is -1.57. The molecule has 60 valence electrons. The molecule has 0 radical (unpaired) electrons. The topological polar surface area (TPSA) is 17.8 Å². The van der Waals surface area contributed by atoms with Crippen molar-refractivity contribution < 1.29 is 0 Å². The summed E-state index contributed by atoms with van der Waals surface area (Å²) in [5.41, 5.74) is 3.29. The molecular weight excluding hydrogens is 148 g/mol.